The van der Waals surface area contributed by atoms with Gasteiger partial charge in [0.25, 0.3) is 0 Å². The van der Waals surface area contributed by atoms with Crippen LogP contribution in [0.15, 0.2) is 4.99 Å². The van der Waals surface area contributed by atoms with E-state index < -0.39 is 0 Å². The molecule has 126 valence electrons. The Kier molecular flexibility index (Phi) is 12.5. The van der Waals surface area contributed by atoms with Crippen LogP contribution in [0.5, 0.6) is 0 Å². The molecule has 0 radical (unpaired) electrons. The molecule has 0 amide bonds. The molecule has 2 atom stereocenters. The van der Waals surface area contributed by atoms with E-state index in [1.165, 1.54) is 32.4 Å². The zero-order chi connectivity index (χ0) is 14.8. The van der Waals surface area contributed by atoms with Crippen LogP contribution in [0.25, 0.3) is 0 Å². The molecule has 2 N–H and O–H groups in total. The van der Waals surface area contributed by atoms with Gasteiger partial charge in [-0.3, -0.25) is 4.99 Å². The van der Waals surface area contributed by atoms with Crippen LogP contribution in [0.2, 0.25) is 0 Å². The average molecular weight is 410 g/mol. The van der Waals surface area contributed by atoms with Crippen LogP contribution >= 0.6 is 24.0 Å². The van der Waals surface area contributed by atoms with Gasteiger partial charge in [0, 0.05) is 31.7 Å². The Hall–Kier alpha value is -0.0400. The number of guanidine groups is 1. The number of rotatable bonds is 7. The number of nitrogens with one attached hydrogen (secondary N) is 2. The van der Waals surface area contributed by atoms with Crippen molar-refractivity contribution in [3.63, 3.8) is 0 Å². The summed E-state index contributed by atoms with van der Waals surface area (Å²) in [7, 11) is 0. The van der Waals surface area contributed by atoms with E-state index in [9.17, 15) is 0 Å². The fourth-order valence-corrected chi connectivity index (χ4v) is 2.61. The summed E-state index contributed by atoms with van der Waals surface area (Å²) >= 11 is 0. The Bertz CT molecular complexity index is 283. The molecule has 5 heteroatoms. The molecule has 0 aliphatic carbocycles. The number of halogens is 1. The number of aliphatic imine (C=N–C) groups is 1. The van der Waals surface area contributed by atoms with Gasteiger partial charge in [0.2, 0.25) is 0 Å². The van der Waals surface area contributed by atoms with Crippen molar-refractivity contribution in [2.45, 2.75) is 71.9 Å². The van der Waals surface area contributed by atoms with Crippen LogP contribution in [0, 0.1) is 0 Å². The van der Waals surface area contributed by atoms with Gasteiger partial charge in [0.05, 0.1) is 0 Å². The lowest BCUT2D eigenvalue weighted by atomic mass is 10.0. The second-order valence-electron chi connectivity index (χ2n) is 5.95. The molecule has 1 aliphatic heterocycles. The molecule has 2 unspecified atom stereocenters. The lowest BCUT2D eigenvalue weighted by Crippen LogP contribution is -2.42. The van der Waals surface area contributed by atoms with E-state index in [1.54, 1.807) is 0 Å². The van der Waals surface area contributed by atoms with E-state index in [4.69, 9.17) is 0 Å². The molecular formula is C16H35IN4. The molecule has 1 saturated heterocycles. The van der Waals surface area contributed by atoms with Gasteiger partial charge in [-0.25, -0.2) is 0 Å². The molecule has 0 aromatic carbocycles. The summed E-state index contributed by atoms with van der Waals surface area (Å²) in [5, 5.41) is 6.76. The molecule has 1 aliphatic rings. The highest BCUT2D eigenvalue weighted by molar-refractivity contribution is 14.0. The molecule has 1 fully saturated rings. The van der Waals surface area contributed by atoms with Crippen LogP contribution in [0.3, 0.4) is 0 Å². The minimum atomic E-state index is 0. The molecule has 21 heavy (non-hydrogen) atoms. The van der Waals surface area contributed by atoms with Crippen LogP contribution < -0.4 is 10.6 Å². The lowest BCUT2D eigenvalue weighted by Gasteiger charge is -2.33. The van der Waals surface area contributed by atoms with Gasteiger partial charge in [-0.05, 0) is 53.0 Å². The van der Waals surface area contributed by atoms with Gasteiger partial charge in [-0.2, -0.15) is 0 Å². The number of hydrogen-bond acceptors (Lipinski definition) is 2. The van der Waals surface area contributed by atoms with E-state index in [2.05, 4.69) is 48.2 Å². The van der Waals surface area contributed by atoms with Crippen molar-refractivity contribution in [2.24, 2.45) is 4.99 Å². The second kappa shape index (κ2) is 12.5. The molecule has 1 rings (SSSR count). The van der Waals surface area contributed by atoms with Crippen molar-refractivity contribution < 1.29 is 0 Å². The van der Waals surface area contributed by atoms with E-state index >= 15 is 0 Å². The van der Waals surface area contributed by atoms with Crippen molar-refractivity contribution >= 4 is 29.9 Å². The third-order valence-electron chi connectivity index (χ3n) is 4.15. The highest BCUT2D eigenvalue weighted by Gasteiger charge is 2.16. The first-order chi connectivity index (χ1) is 9.67. The van der Waals surface area contributed by atoms with Crippen LogP contribution in [0.4, 0.5) is 0 Å². The van der Waals surface area contributed by atoms with Gasteiger partial charge < -0.3 is 15.5 Å². The monoisotopic (exact) mass is 410 g/mol. The van der Waals surface area contributed by atoms with Crippen LogP contribution in [-0.4, -0.2) is 49.1 Å². The molecule has 0 bridgehead atoms. The molecule has 0 spiro atoms. The van der Waals surface area contributed by atoms with Gasteiger partial charge >= 0.3 is 0 Å². The van der Waals surface area contributed by atoms with Gasteiger partial charge in [-0.1, -0.05) is 13.3 Å². The molecule has 0 aromatic rings. The highest BCUT2D eigenvalue weighted by Crippen LogP contribution is 2.16. The van der Waals surface area contributed by atoms with Crippen molar-refractivity contribution in [3.8, 4) is 0 Å². The summed E-state index contributed by atoms with van der Waals surface area (Å²) in [6, 6.07) is 1.24. The maximum absolute atomic E-state index is 4.68. The van der Waals surface area contributed by atoms with Crippen LogP contribution in [-0.2, 0) is 0 Å². The Labute approximate surface area is 148 Å². The fraction of sp³-hybridized carbons (Fsp3) is 0.938. The molecule has 4 nitrogen and oxygen atoms in total. The molecule has 0 aromatic heterocycles. The topological polar surface area (TPSA) is 39.7 Å². The third kappa shape index (κ3) is 8.86. The third-order valence-corrected chi connectivity index (χ3v) is 4.15. The Morgan fingerprint density at radius 2 is 2.10 bits per heavy atom. The normalized spacial score (nSPS) is 21.5. The minimum absolute atomic E-state index is 0. The predicted octanol–water partition coefficient (Wildman–Crippen LogP) is 3.22. The summed E-state index contributed by atoms with van der Waals surface area (Å²) in [6.07, 6.45) is 6.41. The summed E-state index contributed by atoms with van der Waals surface area (Å²) in [5.41, 5.74) is 0. The number of hydrogen-bond donors (Lipinski definition) is 2. The largest absolute Gasteiger partial charge is 0.357 e. The Morgan fingerprint density at radius 3 is 2.71 bits per heavy atom. The van der Waals surface area contributed by atoms with E-state index in [-0.39, 0.29) is 24.0 Å². The molecule has 0 saturated carbocycles. The van der Waals surface area contributed by atoms with E-state index in [0.29, 0.717) is 6.04 Å². The summed E-state index contributed by atoms with van der Waals surface area (Å²) in [4.78, 5) is 7.30. The van der Waals surface area contributed by atoms with Gasteiger partial charge in [0.15, 0.2) is 5.96 Å². The zero-order valence-electron chi connectivity index (χ0n) is 14.3. The van der Waals surface area contributed by atoms with Gasteiger partial charge in [-0.15, -0.1) is 24.0 Å². The highest BCUT2D eigenvalue weighted by atomic mass is 127. The fourth-order valence-electron chi connectivity index (χ4n) is 2.61. The lowest BCUT2D eigenvalue weighted by molar-refractivity contribution is 0.160. The molecule has 1 heterocycles. The zero-order valence-corrected chi connectivity index (χ0v) is 16.7. The summed E-state index contributed by atoms with van der Waals surface area (Å²) < 4.78 is 0. The summed E-state index contributed by atoms with van der Waals surface area (Å²) in [6.45, 7) is 13.2. The van der Waals surface area contributed by atoms with Crippen molar-refractivity contribution in [1.29, 1.82) is 0 Å². The second-order valence-corrected chi connectivity index (χ2v) is 5.95. The first kappa shape index (κ1) is 21.0. The van der Waals surface area contributed by atoms with Gasteiger partial charge in [0.1, 0.15) is 0 Å². The molecular weight excluding hydrogens is 375 g/mol. The first-order valence-corrected chi connectivity index (χ1v) is 8.46. The van der Waals surface area contributed by atoms with E-state index in [1.807, 2.05) is 0 Å². The smallest absolute Gasteiger partial charge is 0.191 e. The van der Waals surface area contributed by atoms with Crippen molar-refractivity contribution in [2.75, 3.05) is 26.2 Å². The Morgan fingerprint density at radius 1 is 1.33 bits per heavy atom. The number of likely N-dealkylation sites (tertiary alicyclic amines) is 1. The van der Waals surface area contributed by atoms with E-state index in [0.717, 1.165) is 37.9 Å². The maximum atomic E-state index is 4.68. The maximum Gasteiger partial charge on any atom is 0.191 e. The number of nitrogens with zero attached hydrogens (tertiary/aromatic N) is 2. The standard InChI is InChI=1S/C16H34N4.HI/c1-5-14(3)19-16(17-6-2)18-11-9-13-20-12-8-7-10-15(20)4;/h14-15H,5-13H2,1-4H3,(H2,17,18,19);1H. The average Bonchev–Trinajstić information content (AvgIpc) is 2.45. The Balaban J connectivity index is 0.00000400. The minimum Gasteiger partial charge on any atom is -0.357 e. The summed E-state index contributed by atoms with van der Waals surface area (Å²) in [5.74, 6) is 0.966. The van der Waals surface area contributed by atoms with Crippen LogP contribution in [0.1, 0.15) is 59.8 Å². The quantitative estimate of drug-likeness (QED) is 0.293. The van der Waals surface area contributed by atoms with Crippen molar-refractivity contribution in [1.82, 2.24) is 15.5 Å². The predicted molar refractivity (Wildman–Crippen MR) is 104 cm³/mol. The SMILES string of the molecule is CCNC(=NCCCN1CCCCC1C)NC(C)CC.I. The number of piperidine rings is 1. The van der Waals surface area contributed by atoms with Crippen molar-refractivity contribution in [3.05, 3.63) is 0 Å². The first-order valence-electron chi connectivity index (χ1n) is 8.46.